The van der Waals surface area contributed by atoms with Crippen LogP contribution in [0.15, 0.2) is 60.7 Å². The Hall–Kier alpha value is -1.82. The van der Waals surface area contributed by atoms with Crippen molar-refractivity contribution in [3.8, 4) is 12.3 Å². The average Bonchev–Trinajstić information content (AvgIpc) is 3.21. The zero-order valence-corrected chi connectivity index (χ0v) is 17.0. The second-order valence-corrected chi connectivity index (χ2v) is 13.3. The van der Waals surface area contributed by atoms with Crippen LogP contribution in [0.5, 0.6) is 0 Å². The summed E-state index contributed by atoms with van der Waals surface area (Å²) in [5, 5.41) is 2.74. The molecule has 134 valence electrons. The molecule has 4 rings (SSSR count). The van der Waals surface area contributed by atoms with E-state index in [1.807, 2.05) is 0 Å². The van der Waals surface area contributed by atoms with Crippen LogP contribution in [0.4, 0.5) is 0 Å². The third-order valence-corrected chi connectivity index (χ3v) is 11.5. The summed E-state index contributed by atoms with van der Waals surface area (Å²) in [4.78, 5) is 0. The predicted octanol–water partition coefficient (Wildman–Crippen LogP) is 4.36. The number of hydrogen-bond donors (Lipinski definition) is 0. The molecular weight excluding hydrogens is 332 g/mol. The molecule has 0 aliphatic heterocycles. The van der Waals surface area contributed by atoms with Gasteiger partial charge in [0.25, 0.3) is 8.32 Å². The van der Waals surface area contributed by atoms with E-state index >= 15 is 0 Å². The van der Waals surface area contributed by atoms with E-state index in [1.165, 1.54) is 16.8 Å². The minimum Gasteiger partial charge on any atom is -0.404 e. The molecule has 0 amide bonds. The van der Waals surface area contributed by atoms with Crippen molar-refractivity contribution < 1.29 is 4.43 Å². The lowest BCUT2D eigenvalue weighted by Gasteiger charge is -2.45. The fourth-order valence-electron chi connectivity index (χ4n) is 5.01. The molecule has 0 N–H and O–H groups in total. The number of fused-ring (bicyclic) bond motifs is 1. The zero-order chi connectivity index (χ0) is 18.4. The SMILES string of the molecule is C#C[C@@]12C[C@@H](O[Si](c3ccccc3)(c3ccccc3)C(C)(C)C)C[C@@H]1C2. The van der Waals surface area contributed by atoms with Gasteiger partial charge in [0, 0.05) is 11.5 Å². The highest BCUT2D eigenvalue weighted by Gasteiger charge is 2.62. The molecule has 26 heavy (non-hydrogen) atoms. The van der Waals surface area contributed by atoms with Gasteiger partial charge in [-0.3, -0.25) is 0 Å². The van der Waals surface area contributed by atoms with Crippen molar-refractivity contribution in [1.82, 2.24) is 0 Å². The molecule has 2 fully saturated rings. The lowest BCUT2D eigenvalue weighted by atomic mass is 10.1. The highest BCUT2D eigenvalue weighted by Crippen LogP contribution is 2.64. The minimum absolute atomic E-state index is 0.0335. The van der Waals surface area contributed by atoms with E-state index in [1.54, 1.807) is 0 Å². The number of hydrogen-bond acceptors (Lipinski definition) is 1. The second-order valence-electron chi connectivity index (χ2n) is 9.04. The summed E-state index contributed by atoms with van der Waals surface area (Å²) in [6, 6.07) is 21.8. The Labute approximate surface area is 158 Å². The maximum absolute atomic E-state index is 7.21. The molecule has 1 nitrogen and oxygen atoms in total. The Balaban J connectivity index is 1.80. The summed E-state index contributed by atoms with van der Waals surface area (Å²) < 4.78 is 7.21. The topological polar surface area (TPSA) is 9.23 Å². The number of benzene rings is 2. The summed E-state index contributed by atoms with van der Waals surface area (Å²) in [5.74, 6) is 3.76. The maximum atomic E-state index is 7.21. The van der Waals surface area contributed by atoms with Gasteiger partial charge in [-0.15, -0.1) is 6.42 Å². The first-order valence-corrected chi connectivity index (χ1v) is 11.6. The molecule has 2 saturated carbocycles. The lowest BCUT2D eigenvalue weighted by molar-refractivity contribution is 0.176. The fourth-order valence-corrected chi connectivity index (χ4v) is 9.71. The first-order valence-electron chi connectivity index (χ1n) is 9.68. The molecule has 0 radical (unpaired) electrons. The van der Waals surface area contributed by atoms with E-state index in [2.05, 4.69) is 87.4 Å². The van der Waals surface area contributed by atoms with Gasteiger partial charge in [-0.05, 0) is 40.6 Å². The van der Waals surface area contributed by atoms with Gasteiger partial charge >= 0.3 is 0 Å². The van der Waals surface area contributed by atoms with E-state index in [0.717, 1.165) is 12.8 Å². The maximum Gasteiger partial charge on any atom is 0.261 e. The highest BCUT2D eigenvalue weighted by molar-refractivity contribution is 6.99. The van der Waals surface area contributed by atoms with Crippen LogP contribution in [0.25, 0.3) is 0 Å². The molecule has 0 bridgehead atoms. The molecule has 0 aromatic heterocycles. The van der Waals surface area contributed by atoms with Gasteiger partial charge in [-0.25, -0.2) is 0 Å². The van der Waals surface area contributed by atoms with Crippen molar-refractivity contribution in [2.75, 3.05) is 0 Å². The van der Waals surface area contributed by atoms with E-state index < -0.39 is 8.32 Å². The van der Waals surface area contributed by atoms with Gasteiger partial charge in [0.1, 0.15) is 0 Å². The summed E-state index contributed by atoms with van der Waals surface area (Å²) in [5.41, 5.74) is 0.135. The molecule has 2 aliphatic rings. The first kappa shape index (κ1) is 17.6. The third kappa shape index (κ3) is 2.66. The van der Waals surface area contributed by atoms with Crippen LogP contribution in [-0.4, -0.2) is 14.4 Å². The second kappa shape index (κ2) is 6.11. The smallest absolute Gasteiger partial charge is 0.261 e. The molecule has 0 unspecified atom stereocenters. The van der Waals surface area contributed by atoms with E-state index in [9.17, 15) is 0 Å². The van der Waals surface area contributed by atoms with Crippen molar-refractivity contribution in [3.63, 3.8) is 0 Å². The van der Waals surface area contributed by atoms with Gasteiger partial charge in [-0.1, -0.05) is 87.4 Å². The molecule has 0 heterocycles. The average molecular weight is 361 g/mol. The van der Waals surface area contributed by atoms with Crippen LogP contribution in [0.1, 0.15) is 40.0 Å². The Morgan fingerprint density at radius 3 is 1.92 bits per heavy atom. The lowest BCUT2D eigenvalue weighted by Crippen LogP contribution is -2.67. The van der Waals surface area contributed by atoms with E-state index in [-0.39, 0.29) is 16.6 Å². The fraction of sp³-hybridized carbons (Fsp3) is 0.417. The predicted molar refractivity (Wildman–Crippen MR) is 111 cm³/mol. The number of rotatable bonds is 4. The summed E-state index contributed by atoms with van der Waals surface area (Å²) in [6.45, 7) is 7.02. The van der Waals surface area contributed by atoms with Gasteiger partial charge < -0.3 is 4.43 Å². The standard InChI is InChI=1S/C24H28OSi/c1-5-24-17-19(24)16-20(18-24)25-26(23(2,3)4,21-12-8-6-9-13-21)22-14-10-7-11-15-22/h1,6-15,19-20H,16-18H2,2-4H3/t19-,20+,24-/m1/s1. The van der Waals surface area contributed by atoms with Crippen LogP contribution in [-0.2, 0) is 4.43 Å². The Bertz CT molecular complexity index is 775. The Morgan fingerprint density at radius 1 is 0.962 bits per heavy atom. The quantitative estimate of drug-likeness (QED) is 0.581. The van der Waals surface area contributed by atoms with Crippen molar-refractivity contribution in [1.29, 1.82) is 0 Å². The van der Waals surface area contributed by atoms with Crippen molar-refractivity contribution >= 4 is 18.7 Å². The molecule has 0 spiro atoms. The highest BCUT2D eigenvalue weighted by atomic mass is 28.4. The molecule has 2 aromatic carbocycles. The molecule has 0 saturated heterocycles. The molecular formula is C24H28OSi. The monoisotopic (exact) mass is 360 g/mol. The van der Waals surface area contributed by atoms with Gasteiger partial charge in [0.05, 0.1) is 0 Å². The normalized spacial score (nSPS) is 27.6. The largest absolute Gasteiger partial charge is 0.404 e. The van der Waals surface area contributed by atoms with Crippen LogP contribution < -0.4 is 10.4 Å². The Kier molecular flexibility index (Phi) is 4.14. The van der Waals surface area contributed by atoms with Crippen molar-refractivity contribution in [3.05, 3.63) is 60.7 Å². The van der Waals surface area contributed by atoms with Gasteiger partial charge in [0.15, 0.2) is 0 Å². The summed E-state index contributed by atoms with van der Waals surface area (Å²) in [7, 11) is -2.44. The molecule has 2 heteroatoms. The van der Waals surface area contributed by atoms with Gasteiger partial charge in [-0.2, -0.15) is 0 Å². The van der Waals surface area contributed by atoms with Crippen molar-refractivity contribution in [2.24, 2.45) is 11.3 Å². The molecule has 3 atom stereocenters. The molecule has 2 aromatic rings. The van der Waals surface area contributed by atoms with Crippen LogP contribution >= 0.6 is 0 Å². The molecule has 2 aliphatic carbocycles. The van der Waals surface area contributed by atoms with Gasteiger partial charge in [0.2, 0.25) is 0 Å². The van der Waals surface area contributed by atoms with E-state index in [0.29, 0.717) is 5.92 Å². The zero-order valence-electron chi connectivity index (χ0n) is 16.0. The van der Waals surface area contributed by atoms with Crippen LogP contribution in [0.2, 0.25) is 5.04 Å². The van der Waals surface area contributed by atoms with E-state index in [4.69, 9.17) is 10.8 Å². The summed E-state index contributed by atoms with van der Waals surface area (Å²) in [6.07, 6.45) is 9.47. The van der Waals surface area contributed by atoms with Crippen LogP contribution in [0, 0.1) is 23.7 Å². The number of terminal acetylenes is 1. The van der Waals surface area contributed by atoms with Crippen molar-refractivity contribution in [2.45, 2.75) is 51.2 Å². The third-order valence-electron chi connectivity index (χ3n) is 6.42. The Morgan fingerprint density at radius 2 is 1.50 bits per heavy atom. The van der Waals surface area contributed by atoms with Crippen LogP contribution in [0.3, 0.4) is 0 Å². The first-order chi connectivity index (χ1) is 12.4. The minimum atomic E-state index is -2.44. The summed E-state index contributed by atoms with van der Waals surface area (Å²) >= 11 is 0.